The van der Waals surface area contributed by atoms with Gasteiger partial charge in [0, 0.05) is 18.2 Å². The monoisotopic (exact) mass is 281 g/mol. The van der Waals surface area contributed by atoms with Crippen LogP contribution in [0.5, 0.6) is 0 Å². The van der Waals surface area contributed by atoms with Crippen LogP contribution in [0.2, 0.25) is 0 Å². The molecule has 110 valence electrons. The molecular formula is C19H23NO. The average Bonchev–Trinajstić information content (AvgIpc) is 3.30. The van der Waals surface area contributed by atoms with Crippen LogP contribution in [0.15, 0.2) is 30.3 Å². The maximum atomic E-state index is 12.7. The summed E-state index contributed by atoms with van der Waals surface area (Å²) in [6.45, 7) is 6.38. The molecule has 0 saturated heterocycles. The first-order chi connectivity index (χ1) is 10.1. The molecule has 2 aromatic rings. The van der Waals surface area contributed by atoms with Crippen LogP contribution in [-0.4, -0.2) is 10.4 Å². The number of aromatic nitrogens is 1. The van der Waals surface area contributed by atoms with Crippen LogP contribution in [0, 0.1) is 20.8 Å². The second-order valence-electron chi connectivity index (χ2n) is 6.19. The van der Waals surface area contributed by atoms with Gasteiger partial charge in [-0.05, 0) is 56.7 Å². The lowest BCUT2D eigenvalue weighted by Crippen LogP contribution is -2.11. The summed E-state index contributed by atoms with van der Waals surface area (Å²) in [5, 5.41) is 0. The van der Waals surface area contributed by atoms with Crippen molar-refractivity contribution in [1.29, 1.82) is 0 Å². The molecule has 3 rings (SSSR count). The first-order valence-electron chi connectivity index (χ1n) is 7.84. The lowest BCUT2D eigenvalue weighted by molar-refractivity contribution is 0.0972. The van der Waals surface area contributed by atoms with Gasteiger partial charge in [0.05, 0.1) is 5.69 Å². The topological polar surface area (TPSA) is 22.0 Å². The van der Waals surface area contributed by atoms with Crippen molar-refractivity contribution < 1.29 is 4.79 Å². The third kappa shape index (κ3) is 2.67. The van der Waals surface area contributed by atoms with Gasteiger partial charge >= 0.3 is 0 Å². The molecule has 2 nitrogen and oxygen atoms in total. The maximum Gasteiger partial charge on any atom is 0.179 e. The molecule has 0 N–H and O–H groups in total. The van der Waals surface area contributed by atoms with E-state index in [-0.39, 0.29) is 0 Å². The van der Waals surface area contributed by atoms with E-state index < -0.39 is 0 Å². The average molecular weight is 281 g/mol. The SMILES string of the molecule is Cc1c(C)c(C(=O)CCc2ccccc2)n(C2CC2)c1C. The minimum atomic E-state index is 0.291. The van der Waals surface area contributed by atoms with E-state index in [4.69, 9.17) is 0 Å². The van der Waals surface area contributed by atoms with Crippen molar-refractivity contribution in [3.63, 3.8) is 0 Å². The molecule has 1 fully saturated rings. The van der Waals surface area contributed by atoms with E-state index in [0.29, 0.717) is 18.2 Å². The number of carbonyl (C=O) groups excluding carboxylic acids is 1. The number of nitrogens with zero attached hydrogens (tertiary/aromatic N) is 1. The van der Waals surface area contributed by atoms with E-state index >= 15 is 0 Å². The van der Waals surface area contributed by atoms with Crippen LogP contribution >= 0.6 is 0 Å². The van der Waals surface area contributed by atoms with Crippen LogP contribution in [0.3, 0.4) is 0 Å². The molecule has 1 saturated carbocycles. The largest absolute Gasteiger partial charge is 0.339 e. The zero-order valence-corrected chi connectivity index (χ0v) is 13.1. The van der Waals surface area contributed by atoms with E-state index in [1.54, 1.807) is 0 Å². The van der Waals surface area contributed by atoms with Crippen molar-refractivity contribution in [2.24, 2.45) is 0 Å². The summed E-state index contributed by atoms with van der Waals surface area (Å²) in [5.74, 6) is 0.291. The molecule has 0 bridgehead atoms. The molecule has 1 aliphatic carbocycles. The molecule has 0 unspecified atom stereocenters. The molecule has 1 aliphatic rings. The molecule has 0 aliphatic heterocycles. The van der Waals surface area contributed by atoms with Gasteiger partial charge in [0.25, 0.3) is 0 Å². The molecule has 1 heterocycles. The summed E-state index contributed by atoms with van der Waals surface area (Å²) in [4.78, 5) is 12.7. The van der Waals surface area contributed by atoms with Gasteiger partial charge in [-0.3, -0.25) is 4.79 Å². The van der Waals surface area contributed by atoms with Crippen molar-refractivity contribution in [1.82, 2.24) is 4.57 Å². The molecular weight excluding hydrogens is 258 g/mol. The van der Waals surface area contributed by atoms with Crippen molar-refractivity contribution >= 4 is 5.78 Å². The van der Waals surface area contributed by atoms with Crippen LogP contribution in [0.25, 0.3) is 0 Å². The summed E-state index contributed by atoms with van der Waals surface area (Å²) in [6.07, 6.45) is 3.86. The fourth-order valence-corrected chi connectivity index (χ4v) is 3.13. The first kappa shape index (κ1) is 14.1. The van der Waals surface area contributed by atoms with Crippen LogP contribution in [-0.2, 0) is 6.42 Å². The Morgan fingerprint density at radius 1 is 1.10 bits per heavy atom. The smallest absolute Gasteiger partial charge is 0.179 e. The van der Waals surface area contributed by atoms with Crippen LogP contribution in [0.4, 0.5) is 0 Å². The summed E-state index contributed by atoms with van der Waals surface area (Å²) in [6, 6.07) is 10.8. The highest BCUT2D eigenvalue weighted by atomic mass is 16.1. The van der Waals surface area contributed by atoms with Gasteiger partial charge in [0.2, 0.25) is 0 Å². The van der Waals surface area contributed by atoms with Gasteiger partial charge in [-0.25, -0.2) is 0 Å². The fourth-order valence-electron chi connectivity index (χ4n) is 3.13. The van der Waals surface area contributed by atoms with E-state index in [1.807, 2.05) is 18.2 Å². The number of ketones is 1. The van der Waals surface area contributed by atoms with Crippen molar-refractivity contribution in [3.8, 4) is 0 Å². The molecule has 0 amide bonds. The second-order valence-corrected chi connectivity index (χ2v) is 6.19. The van der Waals surface area contributed by atoms with Gasteiger partial charge in [-0.15, -0.1) is 0 Å². The van der Waals surface area contributed by atoms with Crippen LogP contribution < -0.4 is 0 Å². The quantitative estimate of drug-likeness (QED) is 0.736. The summed E-state index contributed by atoms with van der Waals surface area (Å²) < 4.78 is 2.30. The van der Waals surface area contributed by atoms with Crippen molar-refractivity contribution in [2.75, 3.05) is 0 Å². The highest BCUT2D eigenvalue weighted by Crippen LogP contribution is 2.40. The molecule has 0 atom stereocenters. The third-order valence-electron chi connectivity index (χ3n) is 4.72. The first-order valence-corrected chi connectivity index (χ1v) is 7.84. The standard InChI is InChI=1S/C19H23NO/c1-13-14(2)19(20(15(13)3)17-10-11-17)18(21)12-9-16-7-5-4-6-8-16/h4-8,17H,9-12H2,1-3H3. The lowest BCUT2D eigenvalue weighted by Gasteiger charge is -2.10. The highest BCUT2D eigenvalue weighted by molar-refractivity contribution is 5.97. The second kappa shape index (κ2) is 5.51. The van der Waals surface area contributed by atoms with Gasteiger partial charge < -0.3 is 4.57 Å². The number of Topliss-reactive ketones (excluding diaryl/α,β-unsaturated/α-hetero) is 1. The van der Waals surface area contributed by atoms with E-state index in [0.717, 1.165) is 12.1 Å². The Kier molecular flexibility index (Phi) is 3.71. The number of hydrogen-bond acceptors (Lipinski definition) is 1. The minimum absolute atomic E-state index is 0.291. The number of benzene rings is 1. The summed E-state index contributed by atoms with van der Waals surface area (Å²) >= 11 is 0. The summed E-state index contributed by atoms with van der Waals surface area (Å²) in [5.41, 5.74) is 5.94. The van der Waals surface area contributed by atoms with Gasteiger partial charge in [0.1, 0.15) is 0 Å². The van der Waals surface area contributed by atoms with Gasteiger partial charge in [0.15, 0.2) is 5.78 Å². The van der Waals surface area contributed by atoms with Gasteiger partial charge in [-0.2, -0.15) is 0 Å². The molecule has 21 heavy (non-hydrogen) atoms. The Labute approximate surface area is 126 Å². The number of aryl methyl sites for hydroxylation is 1. The Bertz CT molecular complexity index is 663. The normalized spacial score (nSPS) is 14.4. The predicted octanol–water partition coefficient (Wildman–Crippen LogP) is 4.56. The Morgan fingerprint density at radius 2 is 1.76 bits per heavy atom. The predicted molar refractivity (Wildman–Crippen MR) is 86.0 cm³/mol. The fraction of sp³-hybridized carbons (Fsp3) is 0.421. The third-order valence-corrected chi connectivity index (χ3v) is 4.72. The summed E-state index contributed by atoms with van der Waals surface area (Å²) in [7, 11) is 0. The Hall–Kier alpha value is -1.83. The van der Waals surface area contributed by atoms with Crippen molar-refractivity contribution in [2.45, 2.75) is 52.5 Å². The van der Waals surface area contributed by atoms with Gasteiger partial charge in [-0.1, -0.05) is 30.3 Å². The molecule has 1 aromatic carbocycles. The maximum absolute atomic E-state index is 12.7. The zero-order chi connectivity index (χ0) is 15.0. The number of rotatable bonds is 5. The Balaban J connectivity index is 1.83. The van der Waals surface area contributed by atoms with Crippen LogP contribution in [0.1, 0.15) is 58.2 Å². The van der Waals surface area contributed by atoms with Crippen molar-refractivity contribution in [3.05, 3.63) is 58.4 Å². The molecule has 0 spiro atoms. The van der Waals surface area contributed by atoms with E-state index in [1.165, 1.54) is 35.2 Å². The number of carbonyl (C=O) groups is 1. The zero-order valence-electron chi connectivity index (χ0n) is 13.1. The molecule has 1 aromatic heterocycles. The molecule has 2 heteroatoms. The molecule has 0 radical (unpaired) electrons. The van der Waals surface area contributed by atoms with E-state index in [9.17, 15) is 4.79 Å². The minimum Gasteiger partial charge on any atom is -0.339 e. The van der Waals surface area contributed by atoms with E-state index in [2.05, 4.69) is 37.5 Å². The number of hydrogen-bond donors (Lipinski definition) is 0. The lowest BCUT2D eigenvalue weighted by atomic mass is 10.0. The highest BCUT2D eigenvalue weighted by Gasteiger charge is 2.31. The Morgan fingerprint density at radius 3 is 2.38 bits per heavy atom.